The summed E-state index contributed by atoms with van der Waals surface area (Å²) in [5.74, 6) is 5.45. The Balaban J connectivity index is 2.05. The monoisotopic (exact) mass is 590 g/mol. The van der Waals surface area contributed by atoms with Gasteiger partial charge >= 0.3 is 0 Å². The second kappa shape index (κ2) is 13.7. The molecule has 3 aromatic rings. The molecule has 0 saturated carbocycles. The Kier molecular flexibility index (Phi) is 10.0. The van der Waals surface area contributed by atoms with E-state index < -0.39 is 36.1 Å². The van der Waals surface area contributed by atoms with Gasteiger partial charge in [0.15, 0.2) is 5.76 Å². The molecule has 3 N–H and O–H groups in total. The first-order chi connectivity index (χ1) is 20.6. The maximum atomic E-state index is 14.4. The Labute approximate surface area is 249 Å². The molecule has 0 bridgehead atoms. The van der Waals surface area contributed by atoms with Crippen LogP contribution in [0, 0.1) is 24.7 Å². The predicted molar refractivity (Wildman–Crippen MR) is 159 cm³/mol. The molecule has 0 amide bonds. The zero-order valence-corrected chi connectivity index (χ0v) is 24.3. The van der Waals surface area contributed by atoms with E-state index in [9.17, 15) is 20.1 Å². The molecule has 43 heavy (non-hydrogen) atoms. The Bertz CT molecular complexity index is 1620. The van der Waals surface area contributed by atoms with E-state index in [1.807, 2.05) is 19.9 Å². The number of aliphatic hydroxyl groups excluding tert-OH is 3. The zero-order valence-electron chi connectivity index (χ0n) is 24.3. The number of benzene rings is 2. The van der Waals surface area contributed by atoms with Crippen LogP contribution in [0.2, 0.25) is 0 Å². The van der Waals surface area contributed by atoms with Crippen LogP contribution in [0.5, 0.6) is 23.0 Å². The highest BCUT2D eigenvalue weighted by Gasteiger charge is 2.44. The average molecular weight is 591 g/mol. The van der Waals surface area contributed by atoms with E-state index in [0.717, 1.165) is 5.57 Å². The minimum Gasteiger partial charge on any atom is -0.497 e. The lowest BCUT2D eigenvalue weighted by Crippen LogP contribution is -2.58. The van der Waals surface area contributed by atoms with E-state index in [2.05, 4.69) is 11.8 Å². The summed E-state index contributed by atoms with van der Waals surface area (Å²) in [4.78, 5) is 14.4. The summed E-state index contributed by atoms with van der Waals surface area (Å²) in [6, 6.07) is 8.21. The molecule has 10 heteroatoms. The molecule has 2 heterocycles. The number of hydrogen-bond donors (Lipinski definition) is 3. The number of aliphatic hydroxyl groups is 3. The van der Waals surface area contributed by atoms with Crippen molar-refractivity contribution < 1.29 is 43.4 Å². The third-order valence-corrected chi connectivity index (χ3v) is 6.88. The first-order valence-corrected chi connectivity index (χ1v) is 13.5. The predicted octanol–water partition coefficient (Wildman–Crippen LogP) is 3.21. The Morgan fingerprint density at radius 2 is 1.65 bits per heavy atom. The molecule has 0 radical (unpaired) electrons. The molecule has 1 saturated heterocycles. The number of terminal acetylenes is 2. The largest absolute Gasteiger partial charge is 0.497 e. The lowest BCUT2D eigenvalue weighted by molar-refractivity contribution is -0.268. The first-order valence-electron chi connectivity index (χ1n) is 13.5. The molecule has 4 rings (SSSR count). The van der Waals surface area contributed by atoms with Crippen molar-refractivity contribution in [3.05, 3.63) is 57.8 Å². The maximum Gasteiger partial charge on any atom is 0.239 e. The molecule has 2 aromatic carbocycles. The van der Waals surface area contributed by atoms with Gasteiger partial charge in [-0.1, -0.05) is 23.5 Å². The second-order valence-electron chi connectivity index (χ2n) is 10.1. The maximum absolute atomic E-state index is 14.4. The molecule has 0 spiro atoms. The molecule has 5 atom stereocenters. The van der Waals surface area contributed by atoms with Gasteiger partial charge < -0.3 is 43.4 Å². The number of rotatable bonds is 10. The number of fused-ring (bicyclic) bond motifs is 1. The standard InChI is InChI=1S/C33H34O10/c1-7-15-39-23-17-24(40-16-8-2)25-27(35)32(43-33-29(37)28(36)26(34)19(5)41-33)30(20-10-12-21(38-6)13-11-20)42-31(25)22(23)14-9-18(3)4/h1-2,9-13,17,19,26,28-29,33-34,36-37H,14-16H2,3-6H3/t19-,26-,28+,29+,33-/m0/s1. The molecule has 226 valence electrons. The smallest absolute Gasteiger partial charge is 0.239 e. The van der Waals surface area contributed by atoms with Crippen molar-refractivity contribution in [3.8, 4) is 59.0 Å². The van der Waals surface area contributed by atoms with E-state index in [1.165, 1.54) is 20.1 Å². The van der Waals surface area contributed by atoms with Crippen LogP contribution in [0.1, 0.15) is 26.3 Å². The summed E-state index contributed by atoms with van der Waals surface area (Å²) >= 11 is 0. The molecular formula is C33H34O10. The Morgan fingerprint density at radius 1 is 1.00 bits per heavy atom. The average Bonchev–Trinajstić information content (AvgIpc) is 3.00. The molecule has 10 nitrogen and oxygen atoms in total. The third-order valence-electron chi connectivity index (χ3n) is 6.88. The van der Waals surface area contributed by atoms with E-state index in [4.69, 9.17) is 40.9 Å². The van der Waals surface area contributed by atoms with Crippen molar-refractivity contribution in [3.63, 3.8) is 0 Å². The topological polar surface area (TPSA) is 137 Å². The molecule has 1 aliphatic rings. The molecule has 1 aromatic heterocycles. The summed E-state index contributed by atoms with van der Waals surface area (Å²) in [5, 5.41) is 31.2. The summed E-state index contributed by atoms with van der Waals surface area (Å²) in [6.07, 6.45) is 6.10. The molecule has 0 unspecified atom stereocenters. The normalized spacial score (nSPS) is 21.4. The van der Waals surface area contributed by atoms with Crippen LogP contribution in [0.4, 0.5) is 0 Å². The van der Waals surface area contributed by atoms with Crippen molar-refractivity contribution >= 4 is 11.0 Å². The Hall–Kier alpha value is -4.45. The van der Waals surface area contributed by atoms with Gasteiger partial charge in [-0.3, -0.25) is 4.79 Å². The SMILES string of the molecule is C#CCOc1cc(OCC#C)c2c(=O)c(O[C@@H]3O[C@@H](C)[C@H](O)[C@@H](O)[C@H]3O)c(-c3ccc(OC)cc3)oc2c1CC=C(C)C. The van der Waals surface area contributed by atoms with Crippen molar-refractivity contribution in [1.29, 1.82) is 0 Å². The van der Waals surface area contributed by atoms with E-state index in [1.54, 1.807) is 24.3 Å². The zero-order chi connectivity index (χ0) is 31.3. The third kappa shape index (κ3) is 6.64. The molecular weight excluding hydrogens is 556 g/mol. The minimum atomic E-state index is -1.69. The highest BCUT2D eigenvalue weighted by molar-refractivity contribution is 5.91. The van der Waals surface area contributed by atoms with Gasteiger partial charge in [0.1, 0.15) is 59.7 Å². The lowest BCUT2D eigenvalue weighted by atomic mass is 10.00. The van der Waals surface area contributed by atoms with Crippen LogP contribution in [-0.4, -0.2) is 66.3 Å². The number of methoxy groups -OCH3 is 1. The van der Waals surface area contributed by atoms with Crippen LogP contribution in [0.25, 0.3) is 22.3 Å². The quantitative estimate of drug-likeness (QED) is 0.239. The van der Waals surface area contributed by atoms with E-state index in [0.29, 0.717) is 29.0 Å². The van der Waals surface area contributed by atoms with E-state index >= 15 is 0 Å². The fourth-order valence-electron chi connectivity index (χ4n) is 4.59. The summed E-state index contributed by atoms with van der Waals surface area (Å²) < 4.78 is 35.0. The summed E-state index contributed by atoms with van der Waals surface area (Å²) in [5.41, 5.74) is 1.46. The van der Waals surface area contributed by atoms with Gasteiger partial charge in [0.05, 0.1) is 13.2 Å². The number of allylic oxidation sites excluding steroid dienone is 2. The molecule has 1 fully saturated rings. The van der Waals surface area contributed by atoms with Gasteiger partial charge in [-0.05, 0) is 51.5 Å². The van der Waals surface area contributed by atoms with E-state index in [-0.39, 0.29) is 41.4 Å². The second-order valence-corrected chi connectivity index (χ2v) is 10.1. The van der Waals surface area contributed by atoms with Gasteiger partial charge in [-0.2, -0.15) is 0 Å². The fraction of sp³-hybridized carbons (Fsp3) is 0.364. The van der Waals surface area contributed by atoms with Gasteiger partial charge in [-0.15, -0.1) is 12.8 Å². The van der Waals surface area contributed by atoms with Gasteiger partial charge in [0, 0.05) is 17.2 Å². The number of ether oxygens (including phenoxy) is 5. The molecule has 1 aliphatic heterocycles. The van der Waals surface area contributed by atoms with Crippen LogP contribution >= 0.6 is 0 Å². The van der Waals surface area contributed by atoms with Crippen LogP contribution < -0.4 is 24.4 Å². The highest BCUT2D eigenvalue weighted by atomic mass is 16.7. The highest BCUT2D eigenvalue weighted by Crippen LogP contribution is 2.41. The van der Waals surface area contributed by atoms with Crippen LogP contribution in [-0.2, 0) is 11.2 Å². The van der Waals surface area contributed by atoms with Crippen LogP contribution in [0.15, 0.2) is 51.2 Å². The molecule has 0 aliphatic carbocycles. The minimum absolute atomic E-state index is 0.000308. The van der Waals surface area contributed by atoms with Crippen molar-refractivity contribution in [2.75, 3.05) is 20.3 Å². The van der Waals surface area contributed by atoms with Crippen molar-refractivity contribution in [2.45, 2.75) is 57.9 Å². The lowest BCUT2D eigenvalue weighted by Gasteiger charge is -2.38. The van der Waals surface area contributed by atoms with Gasteiger partial charge in [0.2, 0.25) is 17.5 Å². The number of hydrogen-bond acceptors (Lipinski definition) is 10. The first kappa shape index (κ1) is 31.5. The van der Waals surface area contributed by atoms with Gasteiger partial charge in [0.25, 0.3) is 0 Å². The van der Waals surface area contributed by atoms with Crippen molar-refractivity contribution in [2.24, 2.45) is 0 Å². The van der Waals surface area contributed by atoms with Gasteiger partial charge in [-0.25, -0.2) is 0 Å². The fourth-order valence-corrected chi connectivity index (χ4v) is 4.59. The Morgan fingerprint density at radius 3 is 2.26 bits per heavy atom. The summed E-state index contributed by atoms with van der Waals surface area (Å²) in [7, 11) is 1.52. The van der Waals surface area contributed by atoms with Crippen LogP contribution in [0.3, 0.4) is 0 Å². The van der Waals surface area contributed by atoms with Crippen molar-refractivity contribution in [1.82, 2.24) is 0 Å². The summed E-state index contributed by atoms with van der Waals surface area (Å²) in [6.45, 7) is 5.14.